The second-order valence-electron chi connectivity index (χ2n) is 7.25. The summed E-state index contributed by atoms with van der Waals surface area (Å²) in [6, 6.07) is 11.4. The highest BCUT2D eigenvalue weighted by Gasteiger charge is 2.18. The maximum absolute atomic E-state index is 12.7. The number of rotatable bonds is 7. The number of benzene rings is 2. The number of amides is 1. The Kier molecular flexibility index (Phi) is 7.64. The largest absolute Gasteiger partial charge is 0.322 e. The van der Waals surface area contributed by atoms with Crippen LogP contribution in [0.1, 0.15) is 43.0 Å². The lowest BCUT2D eigenvalue weighted by atomic mass is 10.2. The van der Waals surface area contributed by atoms with Crippen LogP contribution in [0.5, 0.6) is 0 Å². The van der Waals surface area contributed by atoms with E-state index in [1.165, 1.54) is 42.5 Å². The summed E-state index contributed by atoms with van der Waals surface area (Å²) in [5.74, 6) is -0.0439. The minimum atomic E-state index is -3.83. The zero-order valence-electron chi connectivity index (χ0n) is 17.7. The van der Waals surface area contributed by atoms with Gasteiger partial charge in [-0.3, -0.25) is 14.5 Å². The van der Waals surface area contributed by atoms with E-state index < -0.39 is 26.0 Å². The highest BCUT2D eigenvalue weighted by atomic mass is 32.2. The Hall–Kier alpha value is -2.76. The van der Waals surface area contributed by atoms with Crippen LogP contribution >= 0.6 is 0 Å². The van der Waals surface area contributed by atoms with Crippen molar-refractivity contribution in [3.63, 3.8) is 0 Å². The number of aliphatic imine (C=N–C) groups is 1. The standard InChI is InChI=1S/C21H26N4O5S2/c1-2-23-31(27,28)18-12-10-16(11-13-18)21(26)24-17-7-6-8-19(15-17)32(29,30)25-20-9-4-3-5-14-22-20/h6-8,10-13,15,23H,2-5,9,14H2,1H3,(H,22,25)(H,24,26). The first kappa shape index (κ1) is 23.9. The lowest BCUT2D eigenvalue weighted by molar-refractivity contribution is 0.102. The van der Waals surface area contributed by atoms with Gasteiger partial charge in [0.15, 0.2) is 0 Å². The molecule has 0 spiro atoms. The van der Waals surface area contributed by atoms with E-state index in [4.69, 9.17) is 0 Å². The summed E-state index contributed by atoms with van der Waals surface area (Å²) < 4.78 is 54.4. The zero-order chi connectivity index (χ0) is 23.2. The van der Waals surface area contributed by atoms with Gasteiger partial charge in [-0.1, -0.05) is 19.4 Å². The van der Waals surface area contributed by atoms with Crippen LogP contribution in [0.25, 0.3) is 0 Å². The Balaban J connectivity index is 1.72. The molecule has 0 bridgehead atoms. The van der Waals surface area contributed by atoms with E-state index in [0.717, 1.165) is 19.3 Å². The molecule has 0 saturated heterocycles. The van der Waals surface area contributed by atoms with E-state index in [2.05, 4.69) is 19.8 Å². The van der Waals surface area contributed by atoms with E-state index in [0.29, 0.717) is 24.5 Å². The lowest BCUT2D eigenvalue weighted by Gasteiger charge is -2.11. The summed E-state index contributed by atoms with van der Waals surface area (Å²) in [5, 5.41) is 2.64. The molecule has 1 aliphatic heterocycles. The van der Waals surface area contributed by atoms with E-state index in [1.807, 2.05) is 0 Å². The molecule has 11 heteroatoms. The fourth-order valence-corrected chi connectivity index (χ4v) is 5.35. The molecule has 0 aliphatic carbocycles. The van der Waals surface area contributed by atoms with Crippen LogP contribution in [0.2, 0.25) is 0 Å². The molecule has 0 unspecified atom stereocenters. The highest BCUT2D eigenvalue weighted by Crippen LogP contribution is 2.18. The quantitative estimate of drug-likeness (QED) is 0.562. The number of hydrogen-bond acceptors (Lipinski definition) is 6. The molecule has 0 fully saturated rings. The molecule has 172 valence electrons. The lowest BCUT2D eigenvalue weighted by Crippen LogP contribution is -2.30. The van der Waals surface area contributed by atoms with Crippen molar-refractivity contribution in [1.29, 1.82) is 0 Å². The van der Waals surface area contributed by atoms with Gasteiger partial charge < -0.3 is 5.32 Å². The normalized spacial score (nSPS) is 14.8. The summed E-state index contributed by atoms with van der Waals surface area (Å²) in [7, 11) is -7.45. The number of nitrogens with zero attached hydrogens (tertiary/aromatic N) is 1. The van der Waals surface area contributed by atoms with Crippen LogP contribution in [0.4, 0.5) is 5.69 Å². The third-order valence-electron chi connectivity index (χ3n) is 4.79. The number of hydrogen-bond donors (Lipinski definition) is 3. The van der Waals surface area contributed by atoms with E-state index in [9.17, 15) is 21.6 Å². The van der Waals surface area contributed by atoms with Gasteiger partial charge >= 0.3 is 0 Å². The molecule has 3 rings (SSSR count). The van der Waals surface area contributed by atoms with Crippen molar-refractivity contribution in [1.82, 2.24) is 9.44 Å². The molecule has 0 aromatic heterocycles. The van der Waals surface area contributed by atoms with Crippen molar-refractivity contribution in [2.45, 2.75) is 42.4 Å². The maximum Gasteiger partial charge on any atom is 0.262 e. The Bertz CT molecular complexity index is 1210. The average molecular weight is 479 g/mol. The van der Waals surface area contributed by atoms with Gasteiger partial charge in [0.1, 0.15) is 5.84 Å². The summed E-state index contributed by atoms with van der Waals surface area (Å²) in [5.41, 5.74) is 0.532. The third-order valence-corrected chi connectivity index (χ3v) is 7.73. The fraction of sp³-hybridized carbons (Fsp3) is 0.333. The smallest absolute Gasteiger partial charge is 0.262 e. The van der Waals surface area contributed by atoms with Crippen molar-refractivity contribution in [2.24, 2.45) is 4.99 Å². The van der Waals surface area contributed by atoms with Gasteiger partial charge in [-0.05, 0) is 55.3 Å². The molecule has 0 atom stereocenters. The summed E-state index contributed by atoms with van der Waals surface area (Å²) in [6.07, 6.45) is 3.41. The van der Waals surface area contributed by atoms with Gasteiger partial charge in [0.25, 0.3) is 15.9 Å². The van der Waals surface area contributed by atoms with Crippen LogP contribution < -0.4 is 14.8 Å². The Morgan fingerprint density at radius 1 is 0.938 bits per heavy atom. The van der Waals surface area contributed by atoms with Crippen molar-refractivity contribution < 1.29 is 21.6 Å². The summed E-state index contributed by atoms with van der Waals surface area (Å²) in [4.78, 5) is 16.9. The molecular weight excluding hydrogens is 452 g/mol. The number of nitrogens with one attached hydrogen (secondary N) is 3. The second kappa shape index (κ2) is 10.2. The van der Waals surface area contributed by atoms with Crippen LogP contribution in [-0.2, 0) is 20.0 Å². The number of sulfonamides is 2. The third kappa shape index (κ3) is 6.15. The first-order valence-corrected chi connectivity index (χ1v) is 13.3. The van der Waals surface area contributed by atoms with Crippen molar-refractivity contribution in [3.8, 4) is 0 Å². The molecule has 1 heterocycles. The molecule has 9 nitrogen and oxygen atoms in total. The highest BCUT2D eigenvalue weighted by molar-refractivity contribution is 7.90. The van der Waals surface area contributed by atoms with Gasteiger partial charge in [-0.2, -0.15) is 0 Å². The molecule has 1 aliphatic rings. The SMILES string of the molecule is CCNS(=O)(=O)c1ccc(C(=O)Nc2cccc(S(=O)(=O)NC3=NCCCCC3)c2)cc1. The first-order chi connectivity index (χ1) is 15.2. The number of anilines is 1. The van der Waals surface area contributed by atoms with E-state index in [-0.39, 0.29) is 21.9 Å². The van der Waals surface area contributed by atoms with Crippen LogP contribution in [-0.4, -0.2) is 41.7 Å². The summed E-state index contributed by atoms with van der Waals surface area (Å²) in [6.45, 7) is 2.53. The molecule has 0 radical (unpaired) electrons. The van der Waals surface area contributed by atoms with Crippen LogP contribution in [0, 0.1) is 0 Å². The molecule has 3 N–H and O–H groups in total. The van der Waals surface area contributed by atoms with Crippen molar-refractivity contribution in [3.05, 3.63) is 54.1 Å². The zero-order valence-corrected chi connectivity index (χ0v) is 19.3. The molecule has 1 amide bonds. The minimum absolute atomic E-state index is 0.00864. The van der Waals surface area contributed by atoms with Crippen molar-refractivity contribution in [2.75, 3.05) is 18.4 Å². The maximum atomic E-state index is 12.7. The van der Waals surface area contributed by atoms with Crippen molar-refractivity contribution >= 4 is 37.5 Å². The predicted molar refractivity (Wildman–Crippen MR) is 123 cm³/mol. The molecule has 32 heavy (non-hydrogen) atoms. The average Bonchev–Trinajstić information content (AvgIpc) is 3.02. The Morgan fingerprint density at radius 3 is 2.41 bits per heavy atom. The molecular formula is C21H26N4O5S2. The van der Waals surface area contributed by atoms with E-state index in [1.54, 1.807) is 13.0 Å². The number of carbonyl (C=O) groups is 1. The van der Waals surface area contributed by atoms with Crippen LogP contribution in [0.15, 0.2) is 63.3 Å². The van der Waals surface area contributed by atoms with Gasteiger partial charge in [0.2, 0.25) is 10.0 Å². The van der Waals surface area contributed by atoms with Gasteiger partial charge in [0, 0.05) is 30.8 Å². The van der Waals surface area contributed by atoms with Gasteiger partial charge in [0.05, 0.1) is 9.79 Å². The predicted octanol–water partition coefficient (Wildman–Crippen LogP) is 2.49. The Morgan fingerprint density at radius 2 is 1.69 bits per heavy atom. The van der Waals surface area contributed by atoms with E-state index >= 15 is 0 Å². The molecule has 0 saturated carbocycles. The topological polar surface area (TPSA) is 134 Å². The van der Waals surface area contributed by atoms with Gasteiger partial charge in [-0.25, -0.2) is 21.6 Å². The van der Waals surface area contributed by atoms with Gasteiger partial charge in [-0.15, -0.1) is 0 Å². The first-order valence-electron chi connectivity index (χ1n) is 10.3. The number of amidine groups is 1. The summed E-state index contributed by atoms with van der Waals surface area (Å²) >= 11 is 0. The minimum Gasteiger partial charge on any atom is -0.322 e. The fourth-order valence-electron chi connectivity index (χ4n) is 3.17. The van der Waals surface area contributed by atoms with Crippen LogP contribution in [0.3, 0.4) is 0 Å². The second-order valence-corrected chi connectivity index (χ2v) is 10.7. The monoisotopic (exact) mass is 478 g/mol. The molecule has 2 aromatic rings. The number of carbonyl (C=O) groups excluding carboxylic acids is 1. The molecule has 2 aromatic carbocycles. The Labute approximate surface area is 188 Å².